The molecular weight excluding hydrogens is 477 g/mol. The molecule has 2 fully saturated rings. The Morgan fingerprint density at radius 3 is 2.62 bits per heavy atom. The van der Waals surface area contributed by atoms with Crippen molar-refractivity contribution in [3.05, 3.63) is 41.5 Å². The molecule has 2 saturated heterocycles. The van der Waals surface area contributed by atoms with E-state index in [1.54, 1.807) is 0 Å². The molecule has 0 aliphatic carbocycles. The predicted octanol–water partition coefficient (Wildman–Crippen LogP) is 4.34. The first-order chi connectivity index (χ1) is 13.8. The lowest BCUT2D eigenvalue weighted by Gasteiger charge is -2.31. The summed E-state index contributed by atoms with van der Waals surface area (Å²) in [6.45, 7) is 8.37. The van der Waals surface area contributed by atoms with Crippen LogP contribution in [0.3, 0.4) is 0 Å². The van der Waals surface area contributed by atoms with Crippen molar-refractivity contribution < 1.29 is 9.47 Å². The number of nitrogens with one attached hydrogen (secondary N) is 1. The smallest absolute Gasteiger partial charge is 0.193 e. The molecule has 2 heterocycles. The van der Waals surface area contributed by atoms with E-state index in [0.717, 1.165) is 84.1 Å². The van der Waals surface area contributed by atoms with Crippen LogP contribution in [0.1, 0.15) is 44.6 Å². The Kier molecular flexibility index (Phi) is 11.6. The topological polar surface area (TPSA) is 46.1 Å². The molecule has 0 saturated carbocycles. The fourth-order valence-corrected chi connectivity index (χ4v) is 3.70. The summed E-state index contributed by atoms with van der Waals surface area (Å²) in [6, 6.07) is 10.6. The zero-order chi connectivity index (χ0) is 19.4. The molecule has 5 nitrogen and oxygen atoms in total. The van der Waals surface area contributed by atoms with Crippen LogP contribution in [0.5, 0.6) is 0 Å². The van der Waals surface area contributed by atoms with Crippen LogP contribution in [-0.2, 0) is 9.47 Å². The van der Waals surface area contributed by atoms with Gasteiger partial charge in [0.05, 0.1) is 6.10 Å². The summed E-state index contributed by atoms with van der Waals surface area (Å²) in [5, 5.41) is 3.46. The number of benzene rings is 1. The number of rotatable bonds is 7. The molecule has 0 unspecified atom stereocenters. The summed E-state index contributed by atoms with van der Waals surface area (Å²) in [5.74, 6) is 1.05. The second kappa shape index (κ2) is 14.0. The molecule has 2 aliphatic rings. The van der Waals surface area contributed by atoms with Crippen LogP contribution in [0.4, 0.5) is 0 Å². The van der Waals surface area contributed by atoms with Crippen LogP contribution < -0.4 is 5.32 Å². The van der Waals surface area contributed by atoms with E-state index in [9.17, 15) is 0 Å². The highest BCUT2D eigenvalue weighted by atomic mass is 127. The average Bonchev–Trinajstić information content (AvgIpc) is 2.75. The van der Waals surface area contributed by atoms with Gasteiger partial charge in [0.2, 0.25) is 0 Å². The summed E-state index contributed by atoms with van der Waals surface area (Å²) in [5.41, 5.74) is 2.83. The van der Waals surface area contributed by atoms with Gasteiger partial charge in [-0.3, -0.25) is 4.99 Å². The third-order valence-electron chi connectivity index (χ3n) is 5.30. The van der Waals surface area contributed by atoms with Crippen LogP contribution in [0.15, 0.2) is 40.9 Å². The molecule has 0 amide bonds. The van der Waals surface area contributed by atoms with Gasteiger partial charge in [0.25, 0.3) is 0 Å². The van der Waals surface area contributed by atoms with Crippen molar-refractivity contribution in [3.63, 3.8) is 0 Å². The second-order valence-corrected chi connectivity index (χ2v) is 7.47. The van der Waals surface area contributed by atoms with Crippen molar-refractivity contribution in [3.8, 4) is 0 Å². The Labute approximate surface area is 193 Å². The van der Waals surface area contributed by atoms with Gasteiger partial charge in [-0.15, -0.1) is 24.0 Å². The fraction of sp³-hybridized carbons (Fsp3) is 0.609. The molecule has 6 heteroatoms. The molecule has 0 bridgehead atoms. The molecule has 2 aliphatic heterocycles. The van der Waals surface area contributed by atoms with Crippen molar-refractivity contribution in [2.24, 2.45) is 4.99 Å². The molecule has 1 aromatic rings. The first-order valence-electron chi connectivity index (χ1n) is 10.8. The largest absolute Gasteiger partial charge is 0.381 e. The third kappa shape index (κ3) is 8.64. The zero-order valence-electron chi connectivity index (χ0n) is 17.6. The fourth-order valence-electron chi connectivity index (χ4n) is 3.70. The van der Waals surface area contributed by atoms with Gasteiger partial charge in [0.15, 0.2) is 5.96 Å². The lowest BCUT2D eigenvalue weighted by Crippen LogP contribution is -2.44. The normalized spacial score (nSPS) is 18.3. The Morgan fingerprint density at radius 1 is 1.21 bits per heavy atom. The summed E-state index contributed by atoms with van der Waals surface area (Å²) >= 11 is 0. The maximum Gasteiger partial charge on any atom is 0.193 e. The third-order valence-corrected chi connectivity index (χ3v) is 5.30. The Bertz CT molecular complexity index is 620. The molecule has 1 aromatic carbocycles. The SMILES string of the molecule is CCNC(=NCCCOC1CCOCC1)N1CCC(=Cc2ccccc2)CC1.I. The van der Waals surface area contributed by atoms with Crippen molar-refractivity contribution in [2.45, 2.75) is 45.1 Å². The quantitative estimate of drug-likeness (QED) is 0.255. The number of guanidine groups is 1. The maximum absolute atomic E-state index is 5.95. The van der Waals surface area contributed by atoms with Crippen LogP contribution in [0, 0.1) is 0 Å². The van der Waals surface area contributed by atoms with E-state index in [4.69, 9.17) is 14.5 Å². The highest BCUT2D eigenvalue weighted by molar-refractivity contribution is 14.0. The number of nitrogens with zero attached hydrogens (tertiary/aromatic N) is 2. The predicted molar refractivity (Wildman–Crippen MR) is 131 cm³/mol. The highest BCUT2D eigenvalue weighted by Crippen LogP contribution is 2.19. The summed E-state index contributed by atoms with van der Waals surface area (Å²) in [7, 11) is 0. The Balaban J connectivity index is 0.00000300. The number of hydrogen-bond acceptors (Lipinski definition) is 3. The van der Waals surface area contributed by atoms with Crippen molar-refractivity contribution >= 4 is 36.0 Å². The number of hydrogen-bond donors (Lipinski definition) is 1. The van der Waals surface area contributed by atoms with Gasteiger partial charge >= 0.3 is 0 Å². The first kappa shape index (κ1) is 24.2. The van der Waals surface area contributed by atoms with E-state index in [2.05, 4.69) is 53.5 Å². The molecule has 0 radical (unpaired) electrons. The van der Waals surface area contributed by atoms with Crippen molar-refractivity contribution in [1.82, 2.24) is 10.2 Å². The van der Waals surface area contributed by atoms with E-state index in [-0.39, 0.29) is 24.0 Å². The number of aliphatic imine (C=N–C) groups is 1. The van der Waals surface area contributed by atoms with E-state index in [0.29, 0.717) is 6.10 Å². The van der Waals surface area contributed by atoms with Gasteiger partial charge in [-0.25, -0.2) is 0 Å². The molecule has 29 heavy (non-hydrogen) atoms. The number of halogens is 1. The minimum atomic E-state index is 0. The number of likely N-dealkylation sites (tertiary alicyclic amines) is 1. The van der Waals surface area contributed by atoms with Gasteiger partial charge in [0, 0.05) is 46.0 Å². The molecule has 0 spiro atoms. The van der Waals surface area contributed by atoms with E-state index >= 15 is 0 Å². The van der Waals surface area contributed by atoms with Crippen molar-refractivity contribution in [2.75, 3.05) is 46.0 Å². The van der Waals surface area contributed by atoms with Crippen LogP contribution in [0.25, 0.3) is 6.08 Å². The minimum absolute atomic E-state index is 0. The van der Waals surface area contributed by atoms with E-state index in [1.807, 2.05) is 0 Å². The van der Waals surface area contributed by atoms with Crippen LogP contribution in [0.2, 0.25) is 0 Å². The van der Waals surface area contributed by atoms with Gasteiger partial charge in [-0.1, -0.05) is 42.0 Å². The molecule has 0 aromatic heterocycles. The zero-order valence-corrected chi connectivity index (χ0v) is 20.0. The Hall–Kier alpha value is -1.12. The van der Waals surface area contributed by atoms with Gasteiger partial charge < -0.3 is 19.7 Å². The molecular formula is C23H36IN3O2. The van der Waals surface area contributed by atoms with Crippen LogP contribution >= 0.6 is 24.0 Å². The van der Waals surface area contributed by atoms with Gasteiger partial charge in [0.1, 0.15) is 0 Å². The summed E-state index contributed by atoms with van der Waals surface area (Å²) in [6.07, 6.45) is 7.95. The average molecular weight is 513 g/mol. The lowest BCUT2D eigenvalue weighted by atomic mass is 10.0. The molecule has 1 N–H and O–H groups in total. The Morgan fingerprint density at radius 2 is 1.93 bits per heavy atom. The second-order valence-electron chi connectivity index (χ2n) is 7.47. The highest BCUT2D eigenvalue weighted by Gasteiger charge is 2.17. The number of piperidine rings is 1. The standard InChI is InChI=1S/C23H35N3O2.HI/c1-2-24-23(25-13-6-16-28-22-11-17-27-18-12-22)26-14-9-21(10-15-26)19-20-7-4-3-5-8-20;/h3-5,7-8,19,22H,2,6,9-18H2,1H3,(H,24,25);1H. The molecule has 3 rings (SSSR count). The van der Waals surface area contributed by atoms with Crippen LogP contribution in [-0.4, -0.2) is 63.0 Å². The van der Waals surface area contributed by atoms with E-state index in [1.165, 1.54) is 11.1 Å². The summed E-state index contributed by atoms with van der Waals surface area (Å²) in [4.78, 5) is 7.23. The lowest BCUT2D eigenvalue weighted by molar-refractivity contribution is -0.0318. The van der Waals surface area contributed by atoms with Crippen molar-refractivity contribution in [1.29, 1.82) is 0 Å². The molecule has 0 atom stereocenters. The maximum atomic E-state index is 5.95. The molecule has 162 valence electrons. The minimum Gasteiger partial charge on any atom is -0.381 e. The number of ether oxygens (including phenoxy) is 2. The monoisotopic (exact) mass is 513 g/mol. The van der Waals surface area contributed by atoms with Gasteiger partial charge in [-0.2, -0.15) is 0 Å². The first-order valence-corrected chi connectivity index (χ1v) is 10.8. The van der Waals surface area contributed by atoms with Gasteiger partial charge in [-0.05, 0) is 44.6 Å². The summed E-state index contributed by atoms with van der Waals surface area (Å²) < 4.78 is 11.3. The van der Waals surface area contributed by atoms with E-state index < -0.39 is 0 Å².